The molecular formula is C23H34N2O4. The third kappa shape index (κ3) is 3.69. The topological polar surface area (TPSA) is 69.2 Å². The van der Waals surface area contributed by atoms with E-state index in [1.54, 1.807) is 12.1 Å². The van der Waals surface area contributed by atoms with Crippen LogP contribution in [0.5, 0.6) is 17.2 Å². The number of hydrogen-bond donors (Lipinski definition) is 1. The molecule has 0 heterocycles. The fraction of sp³-hybridized carbons (Fsp3) is 0.652. The summed E-state index contributed by atoms with van der Waals surface area (Å²) in [5.41, 5.74) is 4.60. The van der Waals surface area contributed by atoms with Gasteiger partial charge in [0.05, 0.1) is 19.8 Å². The van der Waals surface area contributed by atoms with Crippen molar-refractivity contribution in [2.75, 3.05) is 19.8 Å². The summed E-state index contributed by atoms with van der Waals surface area (Å²) in [6, 6.07) is 3.39. The highest BCUT2D eigenvalue weighted by Gasteiger charge is 2.60. The molecule has 1 aromatic rings. The highest BCUT2D eigenvalue weighted by atomic mass is 16.5. The van der Waals surface area contributed by atoms with E-state index in [9.17, 15) is 4.79 Å². The molecule has 0 saturated heterocycles. The average molecular weight is 403 g/mol. The average Bonchev–Trinajstić information content (AvgIpc) is 3.02. The first kappa shape index (κ1) is 21.5. The Hall–Kier alpha value is -2.24. The van der Waals surface area contributed by atoms with Gasteiger partial charge in [0.25, 0.3) is 5.91 Å². The first-order chi connectivity index (χ1) is 13.8. The Morgan fingerprint density at radius 3 is 2.10 bits per heavy atom. The predicted octanol–water partition coefficient (Wildman–Crippen LogP) is 4.81. The molecule has 2 bridgehead atoms. The van der Waals surface area contributed by atoms with Crippen molar-refractivity contribution >= 4 is 11.6 Å². The van der Waals surface area contributed by atoms with Crippen LogP contribution in [0.2, 0.25) is 0 Å². The van der Waals surface area contributed by atoms with Gasteiger partial charge in [0.1, 0.15) is 0 Å². The quantitative estimate of drug-likeness (QED) is 0.633. The van der Waals surface area contributed by atoms with Gasteiger partial charge in [-0.2, -0.15) is 5.10 Å². The zero-order valence-electron chi connectivity index (χ0n) is 18.6. The second kappa shape index (κ2) is 8.25. The lowest BCUT2D eigenvalue weighted by Crippen LogP contribution is -2.34. The minimum absolute atomic E-state index is 0.0523. The molecule has 0 unspecified atom stereocenters. The molecule has 2 atom stereocenters. The summed E-state index contributed by atoms with van der Waals surface area (Å²) in [5.74, 6) is 1.91. The van der Waals surface area contributed by atoms with E-state index in [0.29, 0.717) is 48.6 Å². The molecule has 0 aromatic heterocycles. The third-order valence-electron chi connectivity index (χ3n) is 6.98. The molecule has 6 heteroatoms. The fourth-order valence-corrected chi connectivity index (χ4v) is 4.80. The largest absolute Gasteiger partial charge is 0.490 e. The molecule has 0 aliphatic heterocycles. The Morgan fingerprint density at radius 2 is 1.66 bits per heavy atom. The number of carbonyl (C=O) groups excluding carboxylic acids is 1. The van der Waals surface area contributed by atoms with Crippen molar-refractivity contribution in [3.05, 3.63) is 17.7 Å². The summed E-state index contributed by atoms with van der Waals surface area (Å²) >= 11 is 0. The van der Waals surface area contributed by atoms with E-state index in [0.717, 1.165) is 18.6 Å². The van der Waals surface area contributed by atoms with Crippen molar-refractivity contribution in [2.45, 2.75) is 60.8 Å². The number of ether oxygens (including phenoxy) is 3. The smallest absolute Gasteiger partial charge is 0.271 e. The summed E-state index contributed by atoms with van der Waals surface area (Å²) in [4.78, 5) is 12.9. The number of rotatable bonds is 8. The lowest BCUT2D eigenvalue weighted by Gasteiger charge is -2.34. The van der Waals surface area contributed by atoms with Gasteiger partial charge in [-0.25, -0.2) is 5.43 Å². The normalized spacial score (nSPS) is 25.9. The maximum Gasteiger partial charge on any atom is 0.271 e. The predicted molar refractivity (Wildman–Crippen MR) is 114 cm³/mol. The van der Waals surface area contributed by atoms with Crippen molar-refractivity contribution in [2.24, 2.45) is 21.8 Å². The minimum Gasteiger partial charge on any atom is -0.490 e. The minimum atomic E-state index is -0.272. The second-order valence-electron chi connectivity index (χ2n) is 8.59. The maximum atomic E-state index is 12.9. The molecule has 1 N–H and O–H groups in total. The molecule has 0 radical (unpaired) electrons. The molecule has 2 aliphatic rings. The highest BCUT2D eigenvalue weighted by molar-refractivity contribution is 5.98. The van der Waals surface area contributed by atoms with E-state index in [-0.39, 0.29) is 16.7 Å². The lowest BCUT2D eigenvalue weighted by molar-refractivity contribution is 0.0952. The number of nitrogens with one attached hydrogen (secondary N) is 1. The molecule has 3 rings (SSSR count). The first-order valence-electron chi connectivity index (χ1n) is 10.7. The first-order valence-corrected chi connectivity index (χ1v) is 10.7. The van der Waals surface area contributed by atoms with Gasteiger partial charge in [0.15, 0.2) is 11.5 Å². The van der Waals surface area contributed by atoms with Crippen LogP contribution >= 0.6 is 0 Å². The highest BCUT2D eigenvalue weighted by Crippen LogP contribution is 2.63. The summed E-state index contributed by atoms with van der Waals surface area (Å²) < 4.78 is 17.1. The number of nitrogens with zero attached hydrogens (tertiary/aromatic N) is 1. The number of carbonyl (C=O) groups is 1. The Labute approximate surface area is 174 Å². The van der Waals surface area contributed by atoms with Crippen LogP contribution in [-0.4, -0.2) is 31.4 Å². The van der Waals surface area contributed by atoms with Crippen molar-refractivity contribution < 1.29 is 19.0 Å². The molecule has 2 aliphatic carbocycles. The number of hydrazone groups is 1. The lowest BCUT2D eigenvalue weighted by atomic mass is 9.70. The van der Waals surface area contributed by atoms with Gasteiger partial charge in [-0.15, -0.1) is 0 Å². The zero-order chi connectivity index (χ0) is 21.2. The summed E-state index contributed by atoms with van der Waals surface area (Å²) in [6.45, 7) is 14.0. The van der Waals surface area contributed by atoms with E-state index in [4.69, 9.17) is 14.2 Å². The van der Waals surface area contributed by atoms with Gasteiger partial charge in [-0.3, -0.25) is 4.79 Å². The van der Waals surface area contributed by atoms with E-state index >= 15 is 0 Å². The monoisotopic (exact) mass is 402 g/mol. The molecule has 1 amide bonds. The summed E-state index contributed by atoms with van der Waals surface area (Å²) in [6.07, 6.45) is 3.33. The standard InChI is InChI=1S/C23H34N2O4/c1-7-27-17-12-15(13-18(28-8-2)20(17)29-9-3)21(26)25-24-19-14-16-10-11-23(19,6)22(16,4)5/h12-13,16H,7-11,14H2,1-6H3,(H,25,26)/b24-19-/t16-,23+/m1/s1. The van der Waals surface area contributed by atoms with E-state index in [1.807, 2.05) is 20.8 Å². The summed E-state index contributed by atoms with van der Waals surface area (Å²) in [5, 5.41) is 4.56. The molecule has 1 aromatic carbocycles. The third-order valence-corrected chi connectivity index (χ3v) is 6.98. The van der Waals surface area contributed by atoms with Crippen LogP contribution in [0.3, 0.4) is 0 Å². The van der Waals surface area contributed by atoms with Gasteiger partial charge in [-0.05, 0) is 63.5 Å². The van der Waals surface area contributed by atoms with Crippen molar-refractivity contribution in [3.63, 3.8) is 0 Å². The molecule has 6 nitrogen and oxygen atoms in total. The van der Waals surface area contributed by atoms with Gasteiger partial charge < -0.3 is 14.2 Å². The van der Waals surface area contributed by atoms with Gasteiger partial charge in [0.2, 0.25) is 5.75 Å². The van der Waals surface area contributed by atoms with Crippen LogP contribution in [0.4, 0.5) is 0 Å². The fourth-order valence-electron chi connectivity index (χ4n) is 4.80. The Morgan fingerprint density at radius 1 is 1.07 bits per heavy atom. The SMILES string of the molecule is CCOc1cc(C(=O)N/N=C2/C[C@H]3CC[C@]2(C)C3(C)C)cc(OCC)c1OCC. The molecule has 29 heavy (non-hydrogen) atoms. The van der Waals surface area contributed by atoms with Crippen LogP contribution in [-0.2, 0) is 0 Å². The Bertz CT molecular complexity index is 775. The van der Waals surface area contributed by atoms with Crippen molar-refractivity contribution in [1.82, 2.24) is 5.43 Å². The number of benzene rings is 1. The molecular weight excluding hydrogens is 368 g/mol. The Balaban J connectivity index is 1.86. The molecule has 2 fully saturated rings. The number of amides is 1. The van der Waals surface area contributed by atoms with Crippen LogP contribution in [0.25, 0.3) is 0 Å². The second-order valence-corrected chi connectivity index (χ2v) is 8.59. The van der Waals surface area contributed by atoms with Crippen LogP contribution in [0.15, 0.2) is 17.2 Å². The molecule has 160 valence electrons. The van der Waals surface area contributed by atoms with E-state index in [1.165, 1.54) is 6.42 Å². The van der Waals surface area contributed by atoms with Crippen LogP contribution < -0.4 is 19.6 Å². The van der Waals surface area contributed by atoms with Gasteiger partial charge >= 0.3 is 0 Å². The molecule has 2 saturated carbocycles. The Kier molecular flexibility index (Phi) is 6.11. The number of fused-ring (bicyclic) bond motifs is 2. The van der Waals surface area contributed by atoms with Crippen molar-refractivity contribution in [3.8, 4) is 17.2 Å². The molecule has 0 spiro atoms. The summed E-state index contributed by atoms with van der Waals surface area (Å²) in [7, 11) is 0. The van der Waals surface area contributed by atoms with Crippen molar-refractivity contribution in [1.29, 1.82) is 0 Å². The zero-order valence-corrected chi connectivity index (χ0v) is 18.6. The van der Waals surface area contributed by atoms with Gasteiger partial charge in [0, 0.05) is 16.7 Å². The number of hydrogen-bond acceptors (Lipinski definition) is 5. The van der Waals surface area contributed by atoms with E-state index in [2.05, 4.69) is 31.3 Å². The van der Waals surface area contributed by atoms with Crippen LogP contribution in [0.1, 0.15) is 71.2 Å². The van der Waals surface area contributed by atoms with E-state index < -0.39 is 0 Å². The maximum absolute atomic E-state index is 12.9. The van der Waals surface area contributed by atoms with Crippen LogP contribution in [0, 0.1) is 16.7 Å². The van der Waals surface area contributed by atoms with Gasteiger partial charge in [-0.1, -0.05) is 20.8 Å².